The zero-order chi connectivity index (χ0) is 10.6. The van der Waals surface area contributed by atoms with Crippen molar-refractivity contribution in [2.24, 2.45) is 0 Å². The molecule has 0 amide bonds. The second kappa shape index (κ2) is 4.91. The topological polar surface area (TPSA) is 9.23 Å². The second-order valence-electron chi connectivity index (χ2n) is 4.26. The molecule has 0 fully saturated rings. The third kappa shape index (κ3) is 3.78. The maximum Gasteiger partial charge on any atom is 0.184 e. The predicted octanol–water partition coefficient (Wildman–Crippen LogP) is 4.22. The van der Waals surface area contributed by atoms with Gasteiger partial charge in [0.15, 0.2) is 8.32 Å². The van der Waals surface area contributed by atoms with Gasteiger partial charge in [0, 0.05) is 4.88 Å². The minimum atomic E-state index is -1.45. The summed E-state index contributed by atoms with van der Waals surface area (Å²) in [5, 5.41) is 2.10. The fourth-order valence-corrected chi connectivity index (χ4v) is 3.20. The molecule has 0 aliphatic heterocycles. The Bertz CT molecular complexity index is 274. The van der Waals surface area contributed by atoms with Crippen molar-refractivity contribution in [3.63, 3.8) is 0 Å². The molecule has 1 nitrogen and oxygen atoms in total. The molecule has 0 saturated carbocycles. The van der Waals surface area contributed by atoms with Gasteiger partial charge in [-0.2, -0.15) is 0 Å². The van der Waals surface area contributed by atoms with Gasteiger partial charge < -0.3 is 4.43 Å². The third-order valence-electron chi connectivity index (χ3n) is 1.74. The molecular weight excluding hydrogens is 208 g/mol. The van der Waals surface area contributed by atoms with Crippen LogP contribution in [0.5, 0.6) is 0 Å². The number of hydrogen-bond donors (Lipinski definition) is 0. The predicted molar refractivity (Wildman–Crippen MR) is 66.3 cm³/mol. The highest BCUT2D eigenvalue weighted by Crippen LogP contribution is 2.28. The Kier molecular flexibility index (Phi) is 4.10. The van der Waals surface area contributed by atoms with Crippen LogP contribution in [0.3, 0.4) is 0 Å². The molecule has 0 saturated heterocycles. The van der Waals surface area contributed by atoms with Crippen molar-refractivity contribution in [3.05, 3.63) is 35.0 Å². The molecule has 0 spiro atoms. The Morgan fingerprint density at radius 3 is 2.71 bits per heavy atom. The lowest BCUT2D eigenvalue weighted by Gasteiger charge is -2.24. The highest BCUT2D eigenvalue weighted by Gasteiger charge is 2.21. The van der Waals surface area contributed by atoms with E-state index in [1.807, 2.05) is 6.08 Å². The van der Waals surface area contributed by atoms with Gasteiger partial charge in [-0.1, -0.05) is 12.1 Å². The average Bonchev–Trinajstić information content (AvgIpc) is 2.52. The summed E-state index contributed by atoms with van der Waals surface area (Å²) in [7, 11) is -1.45. The first-order valence-corrected chi connectivity index (χ1v) is 9.14. The number of thiophene rings is 1. The van der Waals surface area contributed by atoms with E-state index in [2.05, 4.69) is 43.7 Å². The average molecular weight is 226 g/mol. The van der Waals surface area contributed by atoms with E-state index in [0.29, 0.717) is 0 Å². The molecule has 0 radical (unpaired) electrons. The number of rotatable bonds is 5. The number of hydrogen-bond acceptors (Lipinski definition) is 2. The first-order chi connectivity index (χ1) is 6.53. The van der Waals surface area contributed by atoms with Gasteiger partial charge in [-0.05, 0) is 37.5 Å². The highest BCUT2D eigenvalue weighted by molar-refractivity contribution is 7.10. The van der Waals surface area contributed by atoms with Gasteiger partial charge in [-0.25, -0.2) is 0 Å². The van der Waals surface area contributed by atoms with Crippen molar-refractivity contribution in [1.29, 1.82) is 0 Å². The van der Waals surface area contributed by atoms with Crippen LogP contribution in [-0.2, 0) is 4.43 Å². The van der Waals surface area contributed by atoms with Gasteiger partial charge in [-0.3, -0.25) is 0 Å². The van der Waals surface area contributed by atoms with Gasteiger partial charge >= 0.3 is 0 Å². The summed E-state index contributed by atoms with van der Waals surface area (Å²) < 4.78 is 6.10. The monoisotopic (exact) mass is 226 g/mol. The third-order valence-corrected chi connectivity index (χ3v) is 3.69. The van der Waals surface area contributed by atoms with Crippen molar-refractivity contribution in [2.75, 3.05) is 0 Å². The van der Waals surface area contributed by atoms with Gasteiger partial charge in [0.05, 0.1) is 6.10 Å². The molecule has 1 atom stereocenters. The smallest absolute Gasteiger partial charge is 0.184 e. The van der Waals surface area contributed by atoms with E-state index in [-0.39, 0.29) is 6.10 Å². The molecule has 0 aromatic carbocycles. The van der Waals surface area contributed by atoms with Crippen LogP contribution in [0.15, 0.2) is 30.2 Å². The van der Waals surface area contributed by atoms with Crippen LogP contribution in [0.1, 0.15) is 17.4 Å². The van der Waals surface area contributed by atoms with Crippen LogP contribution in [-0.4, -0.2) is 8.32 Å². The molecule has 14 heavy (non-hydrogen) atoms. The molecule has 1 rings (SSSR count). The summed E-state index contributed by atoms with van der Waals surface area (Å²) in [6, 6.07) is 4.21. The largest absolute Gasteiger partial charge is 0.410 e. The van der Waals surface area contributed by atoms with Crippen LogP contribution >= 0.6 is 11.3 Å². The van der Waals surface area contributed by atoms with Crippen molar-refractivity contribution in [3.8, 4) is 0 Å². The summed E-state index contributed by atoms with van der Waals surface area (Å²) >= 11 is 1.76. The minimum Gasteiger partial charge on any atom is -0.410 e. The molecule has 0 aliphatic carbocycles. The molecule has 78 valence electrons. The molecule has 1 heterocycles. The normalized spacial score (nSPS) is 13.9. The zero-order valence-electron chi connectivity index (χ0n) is 9.12. The lowest BCUT2D eigenvalue weighted by atomic mass is 10.2. The molecule has 0 N–H and O–H groups in total. The van der Waals surface area contributed by atoms with Crippen molar-refractivity contribution >= 4 is 19.7 Å². The fourth-order valence-electron chi connectivity index (χ4n) is 1.27. The molecular formula is C11H18OSSi. The lowest BCUT2D eigenvalue weighted by molar-refractivity contribution is 0.205. The Morgan fingerprint density at radius 2 is 2.29 bits per heavy atom. The van der Waals surface area contributed by atoms with E-state index in [1.165, 1.54) is 4.88 Å². The maximum atomic E-state index is 6.10. The summed E-state index contributed by atoms with van der Waals surface area (Å²) in [5.74, 6) is 0. The Hall–Kier alpha value is -0.383. The van der Waals surface area contributed by atoms with Gasteiger partial charge in [0.2, 0.25) is 0 Å². The second-order valence-corrected chi connectivity index (χ2v) is 9.70. The Morgan fingerprint density at radius 1 is 1.57 bits per heavy atom. The van der Waals surface area contributed by atoms with Crippen molar-refractivity contribution < 1.29 is 4.43 Å². The molecule has 0 aliphatic rings. The first-order valence-electron chi connectivity index (χ1n) is 4.85. The van der Waals surface area contributed by atoms with Crippen molar-refractivity contribution in [2.45, 2.75) is 32.2 Å². The van der Waals surface area contributed by atoms with E-state index in [4.69, 9.17) is 4.43 Å². The minimum absolute atomic E-state index is 0.221. The van der Waals surface area contributed by atoms with Crippen LogP contribution in [0.4, 0.5) is 0 Å². The first kappa shape index (κ1) is 11.7. The SMILES string of the molecule is C=CCC(O[Si](C)(C)C)c1cccs1. The maximum absolute atomic E-state index is 6.10. The van der Waals surface area contributed by atoms with E-state index in [0.717, 1.165) is 6.42 Å². The molecule has 1 aromatic heterocycles. The molecule has 3 heteroatoms. The Labute approximate surface area is 91.6 Å². The summed E-state index contributed by atoms with van der Waals surface area (Å²) in [5.41, 5.74) is 0. The van der Waals surface area contributed by atoms with Gasteiger partial charge in [0.25, 0.3) is 0 Å². The van der Waals surface area contributed by atoms with E-state index >= 15 is 0 Å². The van der Waals surface area contributed by atoms with E-state index in [9.17, 15) is 0 Å². The van der Waals surface area contributed by atoms with Crippen molar-refractivity contribution in [1.82, 2.24) is 0 Å². The molecule has 1 aromatic rings. The fraction of sp³-hybridized carbons (Fsp3) is 0.455. The van der Waals surface area contributed by atoms with E-state index < -0.39 is 8.32 Å². The zero-order valence-corrected chi connectivity index (χ0v) is 10.9. The summed E-state index contributed by atoms with van der Waals surface area (Å²) in [4.78, 5) is 1.31. The summed E-state index contributed by atoms with van der Waals surface area (Å²) in [6.07, 6.45) is 3.06. The van der Waals surface area contributed by atoms with Crippen LogP contribution in [0.2, 0.25) is 19.6 Å². The van der Waals surface area contributed by atoms with Gasteiger partial charge in [-0.15, -0.1) is 17.9 Å². The standard InChI is InChI=1S/C11H18OSSi/c1-5-7-10(12-14(2,3)4)11-8-6-9-13-11/h5-6,8-10H,1,7H2,2-4H3. The Balaban J connectivity index is 2.70. The quantitative estimate of drug-likeness (QED) is 0.539. The van der Waals surface area contributed by atoms with Crippen LogP contribution < -0.4 is 0 Å². The highest BCUT2D eigenvalue weighted by atomic mass is 32.1. The summed E-state index contributed by atoms with van der Waals surface area (Å²) in [6.45, 7) is 10.4. The molecule has 1 unspecified atom stereocenters. The molecule has 0 bridgehead atoms. The lowest BCUT2D eigenvalue weighted by Crippen LogP contribution is -2.27. The van der Waals surface area contributed by atoms with E-state index in [1.54, 1.807) is 11.3 Å². The van der Waals surface area contributed by atoms with Crippen LogP contribution in [0.25, 0.3) is 0 Å². The van der Waals surface area contributed by atoms with Gasteiger partial charge in [0.1, 0.15) is 0 Å². The van der Waals surface area contributed by atoms with Crippen LogP contribution in [0, 0.1) is 0 Å².